The van der Waals surface area contributed by atoms with Crippen LogP contribution in [0.1, 0.15) is 129 Å². The molecule has 0 aromatic heterocycles. The smallest absolute Gasteiger partial charge is 0.306 e. The van der Waals surface area contributed by atoms with Crippen LogP contribution in [0.25, 0.3) is 0 Å². The van der Waals surface area contributed by atoms with Gasteiger partial charge in [0.1, 0.15) is 6.10 Å². The molecule has 0 aliphatic rings. The normalized spacial score (nSPS) is 12.1. The number of carbonyl (C=O) groups is 2. The average Bonchev–Trinajstić information content (AvgIpc) is 2.83. The summed E-state index contributed by atoms with van der Waals surface area (Å²) >= 11 is 0. The van der Waals surface area contributed by atoms with Crippen molar-refractivity contribution in [3.63, 3.8) is 0 Å². The number of unbranched alkanes of at least 4 members (excludes halogenated alkanes) is 11. The van der Waals surface area contributed by atoms with E-state index in [9.17, 15) is 9.59 Å². The first kappa shape index (κ1) is 32.9. The first-order valence-electron chi connectivity index (χ1n) is 14.1. The van der Waals surface area contributed by atoms with Crippen molar-refractivity contribution in [3.05, 3.63) is 0 Å². The van der Waals surface area contributed by atoms with Crippen molar-refractivity contribution in [2.24, 2.45) is 0 Å². The van der Waals surface area contributed by atoms with Crippen LogP contribution >= 0.6 is 0 Å². The molecule has 1 N–H and O–H groups in total. The summed E-state index contributed by atoms with van der Waals surface area (Å²) in [4.78, 5) is 25.7. The van der Waals surface area contributed by atoms with Crippen LogP contribution in [0.15, 0.2) is 0 Å². The Morgan fingerprint density at radius 2 is 1.21 bits per heavy atom. The van der Waals surface area contributed by atoms with Crippen LogP contribution in [0.2, 0.25) is 0 Å². The molecule has 0 aliphatic heterocycles. The second-order valence-corrected chi connectivity index (χ2v) is 9.74. The summed E-state index contributed by atoms with van der Waals surface area (Å²) in [5.41, 5.74) is 0. The number of rotatable bonds is 25. The van der Waals surface area contributed by atoms with E-state index in [0.29, 0.717) is 12.8 Å². The molecule has 0 saturated carbocycles. The number of carbonyl (C=O) groups excluding carboxylic acids is 2. The largest absolute Gasteiger partial charge is 0.469 e. The van der Waals surface area contributed by atoms with Gasteiger partial charge < -0.3 is 19.5 Å². The number of aliphatic hydroxyl groups excluding tert-OH is 1. The van der Waals surface area contributed by atoms with E-state index in [0.717, 1.165) is 77.3 Å². The van der Waals surface area contributed by atoms with Crippen molar-refractivity contribution in [1.82, 2.24) is 4.90 Å². The third-order valence-electron chi connectivity index (χ3n) is 6.43. The number of hydrogen-bond acceptors (Lipinski definition) is 6. The summed E-state index contributed by atoms with van der Waals surface area (Å²) in [5, 5.41) is 8.92. The number of nitrogens with zero attached hydrogens (tertiary/aromatic N) is 1. The van der Waals surface area contributed by atoms with Crippen molar-refractivity contribution in [1.29, 1.82) is 0 Å². The van der Waals surface area contributed by atoms with Crippen LogP contribution in [0.4, 0.5) is 0 Å². The molecule has 6 heteroatoms. The van der Waals surface area contributed by atoms with Crippen molar-refractivity contribution in [2.75, 3.05) is 33.9 Å². The Labute approximate surface area is 210 Å². The van der Waals surface area contributed by atoms with Crippen molar-refractivity contribution in [3.8, 4) is 0 Å². The summed E-state index contributed by atoms with van der Waals surface area (Å²) in [6.45, 7) is 4.16. The molecular weight excluding hydrogens is 430 g/mol. The lowest BCUT2D eigenvalue weighted by Crippen LogP contribution is -2.23. The SMILES string of the molecule is CCCCCCCCCC(CCCCCCCCC(=O)OC)OC(=O)CCCN(C)CCCO. The summed E-state index contributed by atoms with van der Waals surface area (Å²) in [7, 11) is 3.47. The number of esters is 2. The highest BCUT2D eigenvalue weighted by Gasteiger charge is 2.14. The Kier molecular flexibility index (Phi) is 24.1. The molecule has 0 aromatic carbocycles. The Hall–Kier alpha value is -1.14. The van der Waals surface area contributed by atoms with Gasteiger partial charge in [-0.25, -0.2) is 0 Å². The van der Waals surface area contributed by atoms with Gasteiger partial charge in [0.15, 0.2) is 0 Å². The predicted octanol–water partition coefficient (Wildman–Crippen LogP) is 6.43. The maximum absolute atomic E-state index is 12.4. The first-order chi connectivity index (χ1) is 16.5. The van der Waals surface area contributed by atoms with Crippen molar-refractivity contribution in [2.45, 2.75) is 135 Å². The zero-order valence-corrected chi connectivity index (χ0v) is 22.7. The van der Waals surface area contributed by atoms with Gasteiger partial charge >= 0.3 is 11.9 Å². The van der Waals surface area contributed by atoms with Crippen LogP contribution in [0.3, 0.4) is 0 Å². The van der Waals surface area contributed by atoms with Gasteiger partial charge in [0, 0.05) is 26.0 Å². The second kappa shape index (κ2) is 25.0. The van der Waals surface area contributed by atoms with Crippen LogP contribution in [0.5, 0.6) is 0 Å². The van der Waals surface area contributed by atoms with Gasteiger partial charge in [-0.2, -0.15) is 0 Å². The van der Waals surface area contributed by atoms with Gasteiger partial charge in [0.05, 0.1) is 7.11 Å². The fraction of sp³-hybridized carbons (Fsp3) is 0.929. The molecule has 0 radical (unpaired) electrons. The lowest BCUT2D eigenvalue weighted by atomic mass is 10.0. The molecule has 0 heterocycles. The molecule has 0 fully saturated rings. The monoisotopic (exact) mass is 485 g/mol. The average molecular weight is 486 g/mol. The van der Waals surface area contributed by atoms with E-state index in [2.05, 4.69) is 16.6 Å². The summed E-state index contributed by atoms with van der Waals surface area (Å²) in [5.74, 6) is -0.182. The molecule has 0 rings (SSSR count). The van der Waals surface area contributed by atoms with E-state index < -0.39 is 0 Å². The number of aliphatic hydroxyl groups is 1. The summed E-state index contributed by atoms with van der Waals surface area (Å²) in [6, 6.07) is 0. The van der Waals surface area contributed by atoms with Gasteiger partial charge in [0.2, 0.25) is 0 Å². The molecule has 202 valence electrons. The maximum atomic E-state index is 12.4. The quantitative estimate of drug-likeness (QED) is 0.119. The van der Waals surface area contributed by atoms with Gasteiger partial charge in [0.25, 0.3) is 0 Å². The van der Waals surface area contributed by atoms with E-state index in [1.807, 2.05) is 7.05 Å². The van der Waals surface area contributed by atoms with E-state index in [-0.39, 0.29) is 24.6 Å². The minimum absolute atomic E-state index is 0.0505. The molecule has 0 bridgehead atoms. The highest BCUT2D eigenvalue weighted by Crippen LogP contribution is 2.18. The summed E-state index contributed by atoms with van der Waals surface area (Å²) in [6.07, 6.45) is 20.0. The van der Waals surface area contributed by atoms with Crippen molar-refractivity contribution >= 4 is 11.9 Å². The Morgan fingerprint density at radius 1 is 0.706 bits per heavy atom. The number of hydrogen-bond donors (Lipinski definition) is 1. The minimum atomic E-state index is -0.119. The second-order valence-electron chi connectivity index (χ2n) is 9.74. The van der Waals surface area contributed by atoms with Crippen LogP contribution in [-0.2, 0) is 19.1 Å². The van der Waals surface area contributed by atoms with E-state index in [1.54, 1.807) is 0 Å². The van der Waals surface area contributed by atoms with E-state index in [4.69, 9.17) is 9.84 Å². The molecule has 1 atom stereocenters. The zero-order chi connectivity index (χ0) is 25.3. The summed E-state index contributed by atoms with van der Waals surface area (Å²) < 4.78 is 10.6. The predicted molar refractivity (Wildman–Crippen MR) is 140 cm³/mol. The first-order valence-corrected chi connectivity index (χ1v) is 14.1. The highest BCUT2D eigenvalue weighted by atomic mass is 16.5. The van der Waals surface area contributed by atoms with Gasteiger partial charge in [-0.05, 0) is 58.5 Å². The Bertz CT molecular complexity index is 472. The third kappa shape index (κ3) is 22.6. The highest BCUT2D eigenvalue weighted by molar-refractivity contribution is 5.69. The molecule has 6 nitrogen and oxygen atoms in total. The fourth-order valence-electron chi connectivity index (χ4n) is 4.23. The van der Waals surface area contributed by atoms with Crippen LogP contribution < -0.4 is 0 Å². The minimum Gasteiger partial charge on any atom is -0.469 e. The molecule has 0 aliphatic carbocycles. The zero-order valence-electron chi connectivity index (χ0n) is 22.7. The van der Waals surface area contributed by atoms with Gasteiger partial charge in [-0.15, -0.1) is 0 Å². The standard InChI is InChI=1S/C28H55NO5/c1-4-5-6-7-8-11-14-19-26(20-15-12-9-10-13-16-21-27(31)33-3)34-28(32)22-17-23-29(2)24-18-25-30/h26,30H,4-25H2,1-3H3. The van der Waals surface area contributed by atoms with E-state index in [1.165, 1.54) is 52.1 Å². The fourth-order valence-corrected chi connectivity index (χ4v) is 4.23. The lowest BCUT2D eigenvalue weighted by molar-refractivity contribution is -0.150. The molecule has 0 aromatic rings. The van der Waals surface area contributed by atoms with E-state index >= 15 is 0 Å². The molecule has 34 heavy (non-hydrogen) atoms. The lowest BCUT2D eigenvalue weighted by Gasteiger charge is -2.19. The molecule has 0 spiro atoms. The van der Waals surface area contributed by atoms with Crippen LogP contribution in [-0.4, -0.2) is 61.9 Å². The van der Waals surface area contributed by atoms with Gasteiger partial charge in [-0.3, -0.25) is 9.59 Å². The number of ether oxygens (including phenoxy) is 2. The number of methoxy groups -OCH3 is 1. The third-order valence-corrected chi connectivity index (χ3v) is 6.43. The van der Waals surface area contributed by atoms with Gasteiger partial charge in [-0.1, -0.05) is 71.1 Å². The van der Waals surface area contributed by atoms with Crippen molar-refractivity contribution < 1.29 is 24.2 Å². The molecule has 1 unspecified atom stereocenters. The van der Waals surface area contributed by atoms with Crippen LogP contribution in [0, 0.1) is 0 Å². The molecular formula is C28H55NO5. The maximum Gasteiger partial charge on any atom is 0.306 e. The Morgan fingerprint density at radius 3 is 1.76 bits per heavy atom. The molecule has 0 saturated heterocycles. The topological polar surface area (TPSA) is 76.1 Å². The molecule has 0 amide bonds. The Balaban J connectivity index is 4.15.